The Labute approximate surface area is 137 Å². The van der Waals surface area contributed by atoms with E-state index in [0.717, 1.165) is 24.7 Å². The highest BCUT2D eigenvalue weighted by atomic mass is 32.2. The maximum absolute atomic E-state index is 12.4. The molecule has 0 bridgehead atoms. The molecule has 1 atom stereocenters. The summed E-state index contributed by atoms with van der Waals surface area (Å²) in [6.07, 6.45) is 2.80. The maximum atomic E-state index is 12.4. The Morgan fingerprint density at radius 3 is 2.30 bits per heavy atom. The van der Waals surface area contributed by atoms with Crippen molar-refractivity contribution >= 4 is 25.0 Å². The quantitative estimate of drug-likeness (QED) is 0.813. The third-order valence-electron chi connectivity index (χ3n) is 4.03. The molecular weight excluding hydrogens is 338 g/mol. The highest BCUT2D eigenvalue weighted by molar-refractivity contribution is 8.06. The number of hydrogen-bond acceptors (Lipinski definition) is 5. The number of rotatable bonds is 4. The smallest absolute Gasteiger partial charge is 0.252 e. The summed E-state index contributed by atoms with van der Waals surface area (Å²) in [5.41, 5.74) is 0.895. The normalized spacial score (nSPS) is 20.3. The molecule has 0 aromatic heterocycles. The van der Waals surface area contributed by atoms with E-state index in [4.69, 9.17) is 0 Å². The molecule has 1 unspecified atom stereocenters. The van der Waals surface area contributed by atoms with Gasteiger partial charge in [-0.05, 0) is 31.9 Å². The molecule has 0 amide bonds. The minimum Gasteiger partial charge on any atom is -0.281 e. The second-order valence-corrected chi connectivity index (χ2v) is 9.78. The number of carbonyl (C=O) groups is 1. The lowest BCUT2D eigenvalue weighted by molar-refractivity contribution is -0.112. The van der Waals surface area contributed by atoms with Gasteiger partial charge >= 0.3 is 0 Å². The molecule has 128 valence electrons. The van der Waals surface area contributed by atoms with E-state index in [1.165, 1.54) is 16.4 Å². The van der Waals surface area contributed by atoms with Crippen LogP contribution in [0.3, 0.4) is 0 Å². The maximum Gasteiger partial charge on any atom is 0.252 e. The molecule has 2 rings (SSSR count). The number of piperidine rings is 1. The second kappa shape index (κ2) is 6.70. The summed E-state index contributed by atoms with van der Waals surface area (Å²) in [5, 5.41) is -0.929. The molecule has 23 heavy (non-hydrogen) atoms. The first-order chi connectivity index (χ1) is 10.6. The molecule has 1 fully saturated rings. The first kappa shape index (κ1) is 18.1. The van der Waals surface area contributed by atoms with Crippen molar-refractivity contribution in [3.63, 3.8) is 0 Å². The van der Waals surface area contributed by atoms with Gasteiger partial charge in [-0.15, -0.1) is 0 Å². The molecule has 8 heteroatoms. The first-order valence-corrected chi connectivity index (χ1v) is 10.8. The topological polar surface area (TPSA) is 88.6 Å². The second-order valence-electron chi connectivity index (χ2n) is 5.92. The van der Waals surface area contributed by atoms with Crippen LogP contribution in [-0.4, -0.2) is 45.1 Å². The summed E-state index contributed by atoms with van der Waals surface area (Å²) < 4.78 is 49.6. The minimum atomic E-state index is -4.08. The van der Waals surface area contributed by atoms with Crippen molar-refractivity contribution in [3.05, 3.63) is 29.8 Å². The average molecular weight is 359 g/mol. The molecule has 6 nitrogen and oxygen atoms in total. The van der Waals surface area contributed by atoms with E-state index in [1.54, 1.807) is 12.1 Å². The number of sulfonamides is 1. The third kappa shape index (κ3) is 4.19. The van der Waals surface area contributed by atoms with Crippen LogP contribution in [-0.2, 0) is 24.7 Å². The Morgan fingerprint density at radius 1 is 1.13 bits per heavy atom. The van der Waals surface area contributed by atoms with Gasteiger partial charge in [-0.25, -0.2) is 16.8 Å². The van der Waals surface area contributed by atoms with E-state index in [2.05, 4.69) is 0 Å². The van der Waals surface area contributed by atoms with Gasteiger partial charge < -0.3 is 0 Å². The summed E-state index contributed by atoms with van der Waals surface area (Å²) in [7, 11) is -7.53. The van der Waals surface area contributed by atoms with E-state index >= 15 is 0 Å². The Hall–Kier alpha value is -1.25. The van der Waals surface area contributed by atoms with Crippen molar-refractivity contribution < 1.29 is 21.6 Å². The van der Waals surface area contributed by atoms with Crippen LogP contribution in [0, 0.1) is 6.92 Å². The highest BCUT2D eigenvalue weighted by Gasteiger charge is 2.34. The molecular formula is C15H21NO5S2. The molecule has 0 spiro atoms. The van der Waals surface area contributed by atoms with Crippen molar-refractivity contribution in [1.82, 2.24) is 4.31 Å². The molecule has 0 aliphatic carbocycles. The summed E-state index contributed by atoms with van der Waals surface area (Å²) in [4.78, 5) is 12.2. The van der Waals surface area contributed by atoms with Gasteiger partial charge in [-0.1, -0.05) is 24.1 Å². The SMILES string of the molecule is Cc1ccc(S(=O)(=O)C(=O)CC2CCCCN2S(C)(=O)=O)cc1. The summed E-state index contributed by atoms with van der Waals surface area (Å²) >= 11 is 0. The van der Waals surface area contributed by atoms with Gasteiger partial charge in [-0.3, -0.25) is 4.79 Å². The number of carbonyl (C=O) groups excluding carboxylic acids is 1. The zero-order valence-electron chi connectivity index (χ0n) is 13.2. The number of sulfone groups is 1. The lowest BCUT2D eigenvalue weighted by Gasteiger charge is -2.33. The molecule has 1 heterocycles. The van der Waals surface area contributed by atoms with Crippen molar-refractivity contribution in [3.8, 4) is 0 Å². The van der Waals surface area contributed by atoms with Crippen molar-refractivity contribution in [2.24, 2.45) is 0 Å². The van der Waals surface area contributed by atoms with Gasteiger partial charge in [0.1, 0.15) is 0 Å². The molecule has 1 saturated heterocycles. The summed E-state index contributed by atoms with van der Waals surface area (Å²) in [5.74, 6) is 0. The lowest BCUT2D eigenvalue weighted by Crippen LogP contribution is -2.44. The van der Waals surface area contributed by atoms with Crippen molar-refractivity contribution in [2.75, 3.05) is 12.8 Å². The lowest BCUT2D eigenvalue weighted by atomic mass is 10.0. The van der Waals surface area contributed by atoms with E-state index in [9.17, 15) is 21.6 Å². The molecule has 0 saturated carbocycles. The van der Waals surface area contributed by atoms with E-state index in [0.29, 0.717) is 13.0 Å². The fourth-order valence-electron chi connectivity index (χ4n) is 2.77. The first-order valence-electron chi connectivity index (χ1n) is 7.44. The zero-order valence-corrected chi connectivity index (χ0v) is 14.9. The predicted octanol–water partition coefficient (Wildman–Crippen LogP) is 1.50. The summed E-state index contributed by atoms with van der Waals surface area (Å²) in [6, 6.07) is 5.48. The molecule has 1 aliphatic rings. The van der Waals surface area contributed by atoms with Crippen LogP contribution in [0.15, 0.2) is 29.2 Å². The van der Waals surface area contributed by atoms with Crippen LogP contribution in [0.2, 0.25) is 0 Å². The van der Waals surface area contributed by atoms with Gasteiger partial charge in [0, 0.05) is 19.0 Å². The molecule has 1 aromatic carbocycles. The van der Waals surface area contributed by atoms with Crippen LogP contribution in [0.1, 0.15) is 31.2 Å². The van der Waals surface area contributed by atoms with Gasteiger partial charge in [0.15, 0.2) is 0 Å². The average Bonchev–Trinajstić information content (AvgIpc) is 2.47. The van der Waals surface area contributed by atoms with Gasteiger partial charge in [-0.2, -0.15) is 4.31 Å². The fraction of sp³-hybridized carbons (Fsp3) is 0.533. The predicted molar refractivity (Wildman–Crippen MR) is 87.2 cm³/mol. The number of hydrogen-bond donors (Lipinski definition) is 0. The number of benzene rings is 1. The van der Waals surface area contributed by atoms with Gasteiger partial charge in [0.05, 0.1) is 11.2 Å². The van der Waals surface area contributed by atoms with E-state index in [-0.39, 0.29) is 11.3 Å². The van der Waals surface area contributed by atoms with Gasteiger partial charge in [0.2, 0.25) is 19.9 Å². The van der Waals surface area contributed by atoms with Crippen LogP contribution >= 0.6 is 0 Å². The standard InChI is InChI=1S/C15H21NO5S2/c1-12-6-8-14(9-7-12)23(20,21)15(17)11-13-5-3-4-10-16(13)22(2,18)19/h6-9,13H,3-5,10-11H2,1-2H3. The number of aryl methyl sites for hydroxylation is 1. The third-order valence-corrected chi connectivity index (χ3v) is 7.02. The summed E-state index contributed by atoms with van der Waals surface area (Å²) in [6.45, 7) is 2.16. The minimum absolute atomic E-state index is 0.0465. The fourth-order valence-corrected chi connectivity index (χ4v) is 5.12. The van der Waals surface area contributed by atoms with Crippen LogP contribution in [0.25, 0.3) is 0 Å². The van der Waals surface area contributed by atoms with E-state index < -0.39 is 31.0 Å². The van der Waals surface area contributed by atoms with Crippen LogP contribution < -0.4 is 0 Å². The molecule has 0 radical (unpaired) electrons. The van der Waals surface area contributed by atoms with E-state index in [1.807, 2.05) is 6.92 Å². The Morgan fingerprint density at radius 2 is 1.74 bits per heavy atom. The van der Waals surface area contributed by atoms with Gasteiger partial charge in [0.25, 0.3) is 5.12 Å². The largest absolute Gasteiger partial charge is 0.281 e. The van der Waals surface area contributed by atoms with Crippen LogP contribution in [0.5, 0.6) is 0 Å². The Balaban J connectivity index is 2.21. The number of nitrogens with zero attached hydrogens (tertiary/aromatic N) is 1. The zero-order chi connectivity index (χ0) is 17.3. The molecule has 1 aliphatic heterocycles. The Bertz CT molecular complexity index is 782. The van der Waals surface area contributed by atoms with Crippen molar-refractivity contribution in [2.45, 2.75) is 43.5 Å². The van der Waals surface area contributed by atoms with Crippen LogP contribution in [0.4, 0.5) is 0 Å². The molecule has 0 N–H and O–H groups in total. The van der Waals surface area contributed by atoms with Crippen molar-refractivity contribution in [1.29, 1.82) is 0 Å². The molecule has 1 aromatic rings. The highest BCUT2D eigenvalue weighted by Crippen LogP contribution is 2.24. The Kier molecular flexibility index (Phi) is 5.27. The monoisotopic (exact) mass is 359 g/mol.